The number of carbonyl (C=O) groups excluding carboxylic acids is 2. The molecule has 0 spiro atoms. The first-order valence-corrected chi connectivity index (χ1v) is 7.13. The Bertz CT molecular complexity index is 271. The van der Waals surface area contributed by atoms with E-state index in [4.69, 9.17) is 5.11 Å². The third-order valence-corrected chi connectivity index (χ3v) is 3.82. The summed E-state index contributed by atoms with van der Waals surface area (Å²) in [5, 5.41) is 8.62. The predicted molar refractivity (Wildman–Crippen MR) is 68.8 cm³/mol. The van der Waals surface area contributed by atoms with E-state index >= 15 is 0 Å². The minimum absolute atomic E-state index is 0.0472. The van der Waals surface area contributed by atoms with E-state index < -0.39 is 0 Å². The van der Waals surface area contributed by atoms with Crippen LogP contribution in [0.25, 0.3) is 0 Å². The molecule has 1 aliphatic heterocycles. The molecule has 0 bridgehead atoms. The second-order valence-electron chi connectivity index (χ2n) is 5.15. The van der Waals surface area contributed by atoms with Crippen LogP contribution in [0.3, 0.4) is 0 Å². The van der Waals surface area contributed by atoms with Gasteiger partial charge in [-0.05, 0) is 17.6 Å². The van der Waals surface area contributed by atoms with Crippen molar-refractivity contribution >= 4 is 23.6 Å². The highest BCUT2D eigenvalue weighted by Gasteiger charge is 2.36. The zero-order valence-electron chi connectivity index (χ0n) is 10.6. The van der Waals surface area contributed by atoms with Crippen molar-refractivity contribution in [3.05, 3.63) is 0 Å². The number of aliphatic hydroxyl groups is 1. The van der Waals surface area contributed by atoms with Crippen LogP contribution in [-0.4, -0.2) is 46.5 Å². The molecule has 2 amide bonds. The first-order chi connectivity index (χ1) is 7.96. The van der Waals surface area contributed by atoms with E-state index in [-0.39, 0.29) is 23.8 Å². The number of carbonyl (C=O) groups is 2. The summed E-state index contributed by atoms with van der Waals surface area (Å²) in [4.78, 5) is 25.0. The van der Waals surface area contributed by atoms with Crippen molar-refractivity contribution in [3.8, 4) is 0 Å². The van der Waals surface area contributed by atoms with Gasteiger partial charge in [0.25, 0.3) is 0 Å². The van der Waals surface area contributed by atoms with Crippen LogP contribution >= 0.6 is 11.8 Å². The number of hydrogen-bond donors (Lipinski definition) is 1. The van der Waals surface area contributed by atoms with Gasteiger partial charge in [-0.2, -0.15) is 11.8 Å². The SMILES string of the molecule is CC1(C)CC(=O)N(CCSCCCO)C(=O)C1. The van der Waals surface area contributed by atoms with Gasteiger partial charge in [-0.25, -0.2) is 0 Å². The van der Waals surface area contributed by atoms with Crippen LogP contribution < -0.4 is 0 Å². The predicted octanol–water partition coefficient (Wildman–Crippen LogP) is 1.28. The second-order valence-corrected chi connectivity index (χ2v) is 6.37. The van der Waals surface area contributed by atoms with E-state index in [2.05, 4.69) is 0 Å². The quantitative estimate of drug-likeness (QED) is 0.576. The molecular formula is C12H21NO3S. The van der Waals surface area contributed by atoms with Gasteiger partial charge in [0.1, 0.15) is 0 Å². The average molecular weight is 259 g/mol. The third-order valence-electron chi connectivity index (χ3n) is 2.77. The number of nitrogens with zero attached hydrogens (tertiary/aromatic N) is 1. The smallest absolute Gasteiger partial charge is 0.229 e. The summed E-state index contributed by atoms with van der Waals surface area (Å²) in [7, 11) is 0. The number of amides is 2. The number of likely N-dealkylation sites (tertiary alicyclic amines) is 1. The Balaban J connectivity index is 2.33. The summed E-state index contributed by atoms with van der Waals surface area (Å²) in [6.45, 7) is 4.61. The Morgan fingerprint density at radius 3 is 2.35 bits per heavy atom. The summed E-state index contributed by atoms with van der Waals surface area (Å²) >= 11 is 1.67. The normalized spacial score (nSPS) is 19.8. The Labute approximate surface area is 107 Å². The lowest BCUT2D eigenvalue weighted by Gasteiger charge is -2.34. The van der Waals surface area contributed by atoms with Crippen LogP contribution in [0.1, 0.15) is 33.1 Å². The lowest BCUT2D eigenvalue weighted by atomic mass is 9.82. The summed E-state index contributed by atoms with van der Waals surface area (Å²) in [5.41, 5.74) is -0.186. The Hall–Kier alpha value is -0.550. The van der Waals surface area contributed by atoms with E-state index in [9.17, 15) is 9.59 Å². The fourth-order valence-corrected chi connectivity index (χ4v) is 2.73. The molecule has 0 aliphatic carbocycles. The highest BCUT2D eigenvalue weighted by molar-refractivity contribution is 7.99. The van der Waals surface area contributed by atoms with Crippen molar-refractivity contribution < 1.29 is 14.7 Å². The zero-order valence-corrected chi connectivity index (χ0v) is 11.4. The lowest BCUT2D eigenvalue weighted by molar-refractivity contribution is -0.151. The van der Waals surface area contributed by atoms with E-state index in [1.54, 1.807) is 11.8 Å². The number of imide groups is 1. The fourth-order valence-electron chi connectivity index (χ4n) is 1.89. The minimum Gasteiger partial charge on any atom is -0.396 e. The molecule has 1 heterocycles. The molecule has 4 nitrogen and oxygen atoms in total. The lowest BCUT2D eigenvalue weighted by Crippen LogP contribution is -2.46. The van der Waals surface area contributed by atoms with E-state index in [1.165, 1.54) is 4.90 Å². The van der Waals surface area contributed by atoms with E-state index in [0.717, 1.165) is 17.9 Å². The molecule has 0 aromatic carbocycles. The van der Waals surface area contributed by atoms with Crippen LogP contribution in [0.5, 0.6) is 0 Å². The summed E-state index contributed by atoms with van der Waals surface area (Å²) < 4.78 is 0. The number of hydrogen-bond acceptors (Lipinski definition) is 4. The molecule has 1 rings (SSSR count). The first kappa shape index (κ1) is 14.5. The van der Waals surface area contributed by atoms with Crippen LogP contribution in [0.4, 0.5) is 0 Å². The maximum absolute atomic E-state index is 11.8. The van der Waals surface area contributed by atoms with Crippen molar-refractivity contribution in [3.63, 3.8) is 0 Å². The second kappa shape index (κ2) is 6.40. The zero-order chi connectivity index (χ0) is 12.9. The molecule has 0 unspecified atom stereocenters. The molecule has 17 heavy (non-hydrogen) atoms. The molecular weight excluding hydrogens is 238 g/mol. The summed E-state index contributed by atoms with van der Waals surface area (Å²) in [5.74, 6) is 1.54. The van der Waals surface area contributed by atoms with Crippen molar-refractivity contribution in [2.45, 2.75) is 33.1 Å². The Morgan fingerprint density at radius 2 is 1.82 bits per heavy atom. The molecule has 0 aromatic heterocycles. The van der Waals surface area contributed by atoms with Crippen LogP contribution in [0.2, 0.25) is 0 Å². The van der Waals surface area contributed by atoms with Gasteiger partial charge in [-0.3, -0.25) is 14.5 Å². The topological polar surface area (TPSA) is 57.6 Å². The van der Waals surface area contributed by atoms with Crippen molar-refractivity contribution in [1.82, 2.24) is 4.90 Å². The number of aliphatic hydroxyl groups excluding tert-OH is 1. The first-order valence-electron chi connectivity index (χ1n) is 5.98. The minimum atomic E-state index is -0.186. The van der Waals surface area contributed by atoms with Crippen molar-refractivity contribution in [1.29, 1.82) is 0 Å². The Morgan fingerprint density at radius 1 is 1.24 bits per heavy atom. The fraction of sp³-hybridized carbons (Fsp3) is 0.833. The van der Waals surface area contributed by atoms with Gasteiger partial charge in [-0.15, -0.1) is 0 Å². The molecule has 98 valence electrons. The monoisotopic (exact) mass is 259 g/mol. The van der Waals surface area contributed by atoms with Gasteiger partial charge in [0.2, 0.25) is 11.8 Å². The van der Waals surface area contributed by atoms with Gasteiger partial charge < -0.3 is 5.11 Å². The maximum atomic E-state index is 11.8. The van der Waals surface area contributed by atoms with Crippen molar-refractivity contribution in [2.24, 2.45) is 5.41 Å². The molecule has 1 N–H and O–H groups in total. The molecule has 1 aliphatic rings. The van der Waals surface area contributed by atoms with Gasteiger partial charge >= 0.3 is 0 Å². The Kier molecular flexibility index (Phi) is 5.46. The van der Waals surface area contributed by atoms with Crippen LogP contribution in [-0.2, 0) is 9.59 Å². The summed E-state index contributed by atoms with van der Waals surface area (Å²) in [6.07, 6.45) is 1.68. The molecule has 0 atom stereocenters. The number of thioether (sulfide) groups is 1. The molecule has 0 radical (unpaired) electrons. The van der Waals surface area contributed by atoms with Crippen molar-refractivity contribution in [2.75, 3.05) is 24.7 Å². The third kappa shape index (κ3) is 4.68. The summed E-state index contributed by atoms with van der Waals surface area (Å²) in [6, 6.07) is 0. The molecule has 1 saturated heterocycles. The van der Waals surface area contributed by atoms with Gasteiger partial charge in [-0.1, -0.05) is 13.8 Å². The highest BCUT2D eigenvalue weighted by Crippen LogP contribution is 2.31. The molecule has 1 fully saturated rings. The highest BCUT2D eigenvalue weighted by atomic mass is 32.2. The molecule has 5 heteroatoms. The molecule has 0 aromatic rings. The van der Waals surface area contributed by atoms with Crippen LogP contribution in [0.15, 0.2) is 0 Å². The molecule has 0 saturated carbocycles. The van der Waals surface area contributed by atoms with Gasteiger partial charge in [0, 0.05) is 31.7 Å². The number of rotatable bonds is 6. The van der Waals surface area contributed by atoms with E-state index in [1.807, 2.05) is 13.8 Å². The number of piperidine rings is 1. The average Bonchev–Trinajstić information content (AvgIpc) is 2.19. The van der Waals surface area contributed by atoms with E-state index in [0.29, 0.717) is 19.4 Å². The maximum Gasteiger partial charge on any atom is 0.229 e. The van der Waals surface area contributed by atoms with Gasteiger partial charge in [0.05, 0.1) is 0 Å². The standard InChI is InChI=1S/C12H21NO3S/c1-12(2)8-10(15)13(11(16)9-12)4-7-17-6-3-5-14/h14H,3-9H2,1-2H3. The largest absolute Gasteiger partial charge is 0.396 e. The van der Waals surface area contributed by atoms with Crippen LogP contribution in [0, 0.1) is 5.41 Å². The van der Waals surface area contributed by atoms with Gasteiger partial charge in [0.15, 0.2) is 0 Å².